The molecule has 3 aromatic rings. The van der Waals surface area contributed by atoms with Gasteiger partial charge in [-0.05, 0) is 153 Å². The number of aryl methyl sites for hydroxylation is 1. The third-order valence-electron chi connectivity index (χ3n) is 10.8. The van der Waals surface area contributed by atoms with Crippen molar-refractivity contribution >= 4 is 17.9 Å². The van der Waals surface area contributed by atoms with Crippen molar-refractivity contribution in [1.29, 1.82) is 0 Å². The van der Waals surface area contributed by atoms with Gasteiger partial charge in [0.1, 0.15) is 23.0 Å². The van der Waals surface area contributed by atoms with Gasteiger partial charge in [0.2, 0.25) is 0 Å². The second-order valence-corrected chi connectivity index (χ2v) is 18.3. The number of hydrogen-bond acceptors (Lipinski definition) is 10. The average Bonchev–Trinajstić information content (AvgIpc) is 3.19. The van der Waals surface area contributed by atoms with Crippen molar-refractivity contribution < 1.29 is 47.5 Å². The number of esters is 3. The number of carbonyl (C=O) groups is 3. The van der Waals surface area contributed by atoms with Crippen LogP contribution >= 0.6 is 0 Å². The van der Waals surface area contributed by atoms with Crippen molar-refractivity contribution in [1.82, 2.24) is 0 Å². The molecule has 4 rings (SSSR count). The van der Waals surface area contributed by atoms with Crippen LogP contribution < -0.4 is 14.2 Å². The molecule has 0 amide bonds. The van der Waals surface area contributed by atoms with Crippen molar-refractivity contribution in [3.05, 3.63) is 122 Å². The molecule has 10 heteroatoms. The Bertz CT molecular complexity index is 2230. The van der Waals surface area contributed by atoms with E-state index >= 15 is 0 Å². The number of allylic oxidation sites excluding steroid dienone is 5. The topological polar surface area (TPSA) is 116 Å². The van der Waals surface area contributed by atoms with Crippen molar-refractivity contribution in [2.75, 3.05) is 39.6 Å². The lowest BCUT2D eigenvalue weighted by molar-refractivity contribution is -0.150. The zero-order valence-electron chi connectivity index (χ0n) is 40.9. The van der Waals surface area contributed by atoms with Crippen LogP contribution in [0.15, 0.2) is 71.5 Å². The van der Waals surface area contributed by atoms with Crippen molar-refractivity contribution in [2.24, 2.45) is 0 Å². The molecule has 64 heavy (non-hydrogen) atoms. The van der Waals surface area contributed by atoms with Gasteiger partial charge in [0.25, 0.3) is 0 Å². The third kappa shape index (κ3) is 14.0. The van der Waals surface area contributed by atoms with Gasteiger partial charge in [-0.2, -0.15) is 0 Å². The lowest BCUT2D eigenvalue weighted by atomic mass is 9.76. The highest BCUT2D eigenvalue weighted by molar-refractivity contribution is 5.75. The standard InChI is InChI=1S/C54H72O10/c1-15-34(6)22-38-25-39-29-44(58-16-2)30-40(50(39)54(12,13)14)26-42-23-35(7)24-43(51(42)63-33-48(56)60-18-4)27-41-31-45(64-36(8)52(57)61-19-5)28-37(49(41)53(9,10)11)20-21-46(38)62-32-47(55)59-17-3/h15,21-24,28-31,36H,16-20,25-27,32-33H2,1-14H3/b34-15-,38-22-,46-21-. The summed E-state index contributed by atoms with van der Waals surface area (Å²) in [6.07, 6.45) is 7.04. The molecular formula is C54H72O10. The highest BCUT2D eigenvalue weighted by Crippen LogP contribution is 2.41. The predicted molar refractivity (Wildman–Crippen MR) is 253 cm³/mol. The molecule has 1 aliphatic carbocycles. The largest absolute Gasteiger partial charge is 0.494 e. The zero-order chi connectivity index (χ0) is 47.4. The van der Waals surface area contributed by atoms with Gasteiger partial charge >= 0.3 is 17.9 Å². The number of hydrogen-bond donors (Lipinski definition) is 0. The Morgan fingerprint density at radius 3 is 1.66 bits per heavy atom. The molecule has 6 bridgehead atoms. The minimum atomic E-state index is -0.877. The first-order chi connectivity index (χ1) is 30.2. The second-order valence-electron chi connectivity index (χ2n) is 18.3. The number of carbonyl (C=O) groups excluding carboxylic acids is 3. The summed E-state index contributed by atoms with van der Waals surface area (Å²) < 4.78 is 41.8. The molecule has 0 fully saturated rings. The Labute approximate surface area is 382 Å². The SMILES string of the molecule is C\C=C(C)/C=C1Cc2cc(OCC)cc(c2C(C)(C)C)Cc2cc(C)cc(c2OCC(=O)OCC)Cc2cc(OC(C)C(=O)OCC)cc(c2C(C)(C)C)C/C=C/1OCC(=O)OCC. The first-order valence-electron chi connectivity index (χ1n) is 22.7. The van der Waals surface area contributed by atoms with Gasteiger partial charge in [0, 0.05) is 19.3 Å². The van der Waals surface area contributed by atoms with Gasteiger partial charge in [-0.3, -0.25) is 0 Å². The van der Waals surface area contributed by atoms with E-state index in [-0.39, 0.29) is 43.9 Å². The summed E-state index contributed by atoms with van der Waals surface area (Å²) in [4.78, 5) is 38.9. The Kier molecular flexibility index (Phi) is 18.3. The first-order valence-corrected chi connectivity index (χ1v) is 22.7. The Hall–Kier alpha value is -5.51. The van der Waals surface area contributed by atoms with E-state index in [0.29, 0.717) is 49.5 Å². The fourth-order valence-corrected chi connectivity index (χ4v) is 8.53. The van der Waals surface area contributed by atoms with Gasteiger partial charge in [-0.25, -0.2) is 14.4 Å². The fourth-order valence-electron chi connectivity index (χ4n) is 8.53. The van der Waals surface area contributed by atoms with Gasteiger partial charge in [-0.1, -0.05) is 77.0 Å². The van der Waals surface area contributed by atoms with Crippen LogP contribution in [-0.4, -0.2) is 63.7 Å². The summed E-state index contributed by atoms with van der Waals surface area (Å²) >= 11 is 0. The monoisotopic (exact) mass is 881 g/mol. The van der Waals surface area contributed by atoms with Gasteiger partial charge in [0.15, 0.2) is 19.3 Å². The maximum atomic E-state index is 13.0. The van der Waals surface area contributed by atoms with Gasteiger partial charge < -0.3 is 33.2 Å². The normalized spacial score (nSPS) is 15.4. The van der Waals surface area contributed by atoms with Crippen LogP contribution in [0.2, 0.25) is 0 Å². The Morgan fingerprint density at radius 2 is 1.14 bits per heavy atom. The van der Waals surface area contributed by atoms with E-state index in [1.165, 1.54) is 0 Å². The van der Waals surface area contributed by atoms with E-state index < -0.39 is 24.0 Å². The van der Waals surface area contributed by atoms with Crippen LogP contribution in [0.1, 0.15) is 140 Å². The molecule has 0 aliphatic heterocycles. The van der Waals surface area contributed by atoms with Gasteiger partial charge in [0.05, 0.1) is 26.4 Å². The Balaban J connectivity index is 2.22. The van der Waals surface area contributed by atoms with Crippen LogP contribution in [0.4, 0.5) is 0 Å². The maximum Gasteiger partial charge on any atom is 0.347 e. The van der Waals surface area contributed by atoms with E-state index in [4.69, 9.17) is 33.2 Å². The molecule has 10 nitrogen and oxygen atoms in total. The highest BCUT2D eigenvalue weighted by atomic mass is 16.6. The molecule has 1 atom stereocenters. The quantitative estimate of drug-likeness (QED) is 0.108. The summed E-state index contributed by atoms with van der Waals surface area (Å²) in [5.74, 6) is 1.01. The minimum absolute atomic E-state index is 0.228. The second kappa shape index (κ2) is 22.9. The summed E-state index contributed by atoms with van der Waals surface area (Å²) in [5, 5.41) is 0. The van der Waals surface area contributed by atoms with Crippen molar-refractivity contribution in [3.63, 3.8) is 0 Å². The number of rotatable bonds is 15. The third-order valence-corrected chi connectivity index (χ3v) is 10.8. The molecule has 0 saturated carbocycles. The van der Waals surface area contributed by atoms with Crippen LogP contribution in [0.25, 0.3) is 0 Å². The molecule has 0 heterocycles. The summed E-state index contributed by atoms with van der Waals surface area (Å²) in [7, 11) is 0. The summed E-state index contributed by atoms with van der Waals surface area (Å²) in [6.45, 7) is 28.9. The molecule has 1 aliphatic rings. The maximum absolute atomic E-state index is 13.0. The van der Waals surface area contributed by atoms with Crippen molar-refractivity contribution in [2.45, 2.75) is 140 Å². The lowest BCUT2D eigenvalue weighted by Gasteiger charge is -2.30. The number of benzene rings is 3. The molecule has 0 saturated heterocycles. The van der Waals surface area contributed by atoms with Gasteiger partial charge in [-0.15, -0.1) is 0 Å². The smallest absolute Gasteiger partial charge is 0.347 e. The Morgan fingerprint density at radius 1 is 0.641 bits per heavy atom. The van der Waals surface area contributed by atoms with E-state index in [1.807, 2.05) is 45.1 Å². The zero-order valence-corrected chi connectivity index (χ0v) is 40.9. The minimum Gasteiger partial charge on any atom is -0.494 e. The molecule has 0 aromatic heterocycles. The molecule has 0 spiro atoms. The van der Waals surface area contributed by atoms with Crippen LogP contribution in [0, 0.1) is 6.92 Å². The molecule has 3 aromatic carbocycles. The highest BCUT2D eigenvalue weighted by Gasteiger charge is 2.29. The van der Waals surface area contributed by atoms with Crippen molar-refractivity contribution in [3.8, 4) is 17.2 Å². The average molecular weight is 881 g/mol. The van der Waals surface area contributed by atoms with E-state index in [9.17, 15) is 14.4 Å². The fraction of sp³-hybridized carbons (Fsp3) is 0.500. The first kappa shape index (κ1) is 51.1. The lowest BCUT2D eigenvalue weighted by Crippen LogP contribution is -2.26. The van der Waals surface area contributed by atoms with Crippen LogP contribution in [0.5, 0.6) is 17.2 Å². The molecule has 1 unspecified atom stereocenters. The van der Waals surface area contributed by atoms with E-state index in [2.05, 4.69) is 78.8 Å². The molecule has 0 radical (unpaired) electrons. The van der Waals surface area contributed by atoms with Crippen LogP contribution in [-0.2, 0) is 69.8 Å². The molecular weight excluding hydrogens is 809 g/mol. The number of ether oxygens (including phenoxy) is 7. The summed E-state index contributed by atoms with van der Waals surface area (Å²) in [6, 6.07) is 12.5. The molecule has 348 valence electrons. The van der Waals surface area contributed by atoms with E-state index in [0.717, 1.165) is 67.0 Å². The molecule has 0 N–H and O–H groups in total. The van der Waals surface area contributed by atoms with Crippen LogP contribution in [0.3, 0.4) is 0 Å². The predicted octanol–water partition coefficient (Wildman–Crippen LogP) is 10.9. The van der Waals surface area contributed by atoms with E-state index in [1.54, 1.807) is 27.7 Å². The number of fused-ring (bicyclic) bond motifs is 6. The summed E-state index contributed by atoms with van der Waals surface area (Å²) in [5.41, 5.74) is 10.2.